The molecule has 1 aromatic carbocycles. The predicted molar refractivity (Wildman–Crippen MR) is 91.2 cm³/mol. The molecule has 1 nitrogen and oxygen atoms in total. The number of rotatable bonds is 5. The van der Waals surface area contributed by atoms with Gasteiger partial charge in [0.25, 0.3) is 0 Å². The molecule has 0 spiro atoms. The van der Waals surface area contributed by atoms with Gasteiger partial charge in [0.05, 0.1) is 6.61 Å². The molecular formula is C21H30O. The van der Waals surface area contributed by atoms with E-state index in [4.69, 9.17) is 4.74 Å². The van der Waals surface area contributed by atoms with Gasteiger partial charge in [-0.15, -0.1) is 0 Å². The fourth-order valence-corrected chi connectivity index (χ4v) is 5.83. The van der Waals surface area contributed by atoms with E-state index in [-0.39, 0.29) is 0 Å². The first-order valence-corrected chi connectivity index (χ1v) is 9.38. The molecule has 4 bridgehead atoms. The van der Waals surface area contributed by atoms with Crippen molar-refractivity contribution in [1.29, 1.82) is 0 Å². The molecule has 1 atom stereocenters. The minimum atomic E-state index is 0.518. The Labute approximate surface area is 135 Å². The molecule has 4 aliphatic rings. The summed E-state index contributed by atoms with van der Waals surface area (Å²) in [5.74, 6) is 4.77. The van der Waals surface area contributed by atoms with Crippen molar-refractivity contribution < 1.29 is 4.74 Å². The Morgan fingerprint density at radius 1 is 1.00 bits per heavy atom. The van der Waals surface area contributed by atoms with Crippen molar-refractivity contribution in [3.8, 4) is 5.75 Å². The summed E-state index contributed by atoms with van der Waals surface area (Å²) in [5.41, 5.74) is 1.95. The van der Waals surface area contributed by atoms with Crippen molar-refractivity contribution in [2.75, 3.05) is 6.61 Å². The fraction of sp³-hybridized carbons (Fsp3) is 0.714. The highest BCUT2D eigenvalue weighted by Crippen LogP contribution is 2.60. The first-order chi connectivity index (χ1) is 10.7. The van der Waals surface area contributed by atoms with Crippen molar-refractivity contribution in [3.63, 3.8) is 0 Å². The van der Waals surface area contributed by atoms with Crippen LogP contribution in [-0.2, 0) is 0 Å². The smallest absolute Gasteiger partial charge is 0.119 e. The van der Waals surface area contributed by atoms with Crippen molar-refractivity contribution >= 4 is 0 Å². The van der Waals surface area contributed by atoms with Gasteiger partial charge in [0.2, 0.25) is 0 Å². The minimum Gasteiger partial charge on any atom is -0.493 e. The summed E-state index contributed by atoms with van der Waals surface area (Å²) in [5, 5.41) is 0. The lowest BCUT2D eigenvalue weighted by Gasteiger charge is -2.56. The van der Waals surface area contributed by atoms with Gasteiger partial charge in [0.15, 0.2) is 0 Å². The topological polar surface area (TPSA) is 9.23 Å². The molecule has 4 saturated carbocycles. The Kier molecular flexibility index (Phi) is 3.71. The number of benzene rings is 1. The van der Waals surface area contributed by atoms with E-state index in [2.05, 4.69) is 38.1 Å². The average Bonchev–Trinajstić information content (AvgIpc) is 2.51. The number of hydrogen-bond donors (Lipinski definition) is 0. The molecule has 0 heterocycles. The lowest BCUT2D eigenvalue weighted by atomic mass is 9.50. The summed E-state index contributed by atoms with van der Waals surface area (Å²) in [4.78, 5) is 0. The Morgan fingerprint density at radius 3 is 2.05 bits per heavy atom. The minimum absolute atomic E-state index is 0.518. The van der Waals surface area contributed by atoms with E-state index in [1.807, 2.05) is 0 Å². The van der Waals surface area contributed by atoms with Crippen LogP contribution in [0.15, 0.2) is 24.3 Å². The lowest BCUT2D eigenvalue weighted by molar-refractivity contribution is -0.0745. The van der Waals surface area contributed by atoms with Gasteiger partial charge in [-0.3, -0.25) is 0 Å². The molecule has 0 saturated heterocycles. The highest BCUT2D eigenvalue weighted by atomic mass is 16.5. The van der Waals surface area contributed by atoms with Crippen LogP contribution in [0, 0.1) is 23.2 Å². The first-order valence-electron chi connectivity index (χ1n) is 9.38. The van der Waals surface area contributed by atoms with Gasteiger partial charge in [-0.1, -0.05) is 26.0 Å². The third-order valence-electron chi connectivity index (χ3n) is 6.77. The van der Waals surface area contributed by atoms with Crippen LogP contribution in [0.5, 0.6) is 5.75 Å². The second kappa shape index (κ2) is 5.58. The van der Waals surface area contributed by atoms with Gasteiger partial charge in [0, 0.05) is 5.41 Å². The van der Waals surface area contributed by atoms with Crippen LogP contribution in [0.3, 0.4) is 0 Å². The normalized spacial score (nSPS) is 37.3. The Hall–Kier alpha value is -0.980. The van der Waals surface area contributed by atoms with Gasteiger partial charge in [0.1, 0.15) is 5.75 Å². The van der Waals surface area contributed by atoms with Crippen molar-refractivity contribution in [2.24, 2.45) is 23.2 Å². The summed E-state index contributed by atoms with van der Waals surface area (Å²) in [6, 6.07) is 8.87. The quantitative estimate of drug-likeness (QED) is 0.668. The number of ether oxygens (including phenoxy) is 1. The highest BCUT2D eigenvalue weighted by molar-refractivity contribution is 5.29. The fourth-order valence-electron chi connectivity index (χ4n) is 5.83. The van der Waals surface area contributed by atoms with E-state index >= 15 is 0 Å². The van der Waals surface area contributed by atoms with Crippen LogP contribution < -0.4 is 4.74 Å². The summed E-state index contributed by atoms with van der Waals surface area (Å²) >= 11 is 0. The standard InChI is InChI=1S/C21H30O/c1-3-15(2)19-4-6-20(7-5-19)22-14-21-11-16-8-17(12-21)10-18(9-16)13-21/h4-7,15-18H,3,8-14H2,1-2H3. The summed E-state index contributed by atoms with van der Waals surface area (Å²) in [6.45, 7) is 5.51. The third kappa shape index (κ3) is 2.68. The molecule has 5 rings (SSSR count). The molecular weight excluding hydrogens is 268 g/mol. The maximum Gasteiger partial charge on any atom is 0.119 e. The maximum absolute atomic E-state index is 6.26. The van der Waals surface area contributed by atoms with E-state index in [9.17, 15) is 0 Å². The number of hydrogen-bond acceptors (Lipinski definition) is 1. The van der Waals surface area contributed by atoms with Gasteiger partial charge in [-0.25, -0.2) is 0 Å². The molecule has 22 heavy (non-hydrogen) atoms. The molecule has 1 heteroatoms. The second-order valence-electron chi connectivity index (χ2n) is 8.58. The molecule has 1 unspecified atom stereocenters. The van der Waals surface area contributed by atoms with Gasteiger partial charge in [-0.2, -0.15) is 0 Å². The SMILES string of the molecule is CCC(C)c1ccc(OCC23CC4CC(CC(C4)C2)C3)cc1. The maximum atomic E-state index is 6.26. The summed E-state index contributed by atoms with van der Waals surface area (Å²) < 4.78 is 6.26. The van der Waals surface area contributed by atoms with Crippen LogP contribution in [-0.4, -0.2) is 6.61 Å². The first kappa shape index (κ1) is 14.6. The monoisotopic (exact) mass is 298 g/mol. The third-order valence-corrected chi connectivity index (χ3v) is 6.77. The Balaban J connectivity index is 1.40. The molecule has 4 fully saturated rings. The molecule has 1 aromatic rings. The van der Waals surface area contributed by atoms with E-state index in [1.165, 1.54) is 50.5 Å². The van der Waals surface area contributed by atoms with Gasteiger partial charge in [-0.05, 0) is 86.3 Å². The molecule has 0 aliphatic heterocycles. The van der Waals surface area contributed by atoms with Crippen LogP contribution in [0.2, 0.25) is 0 Å². The zero-order valence-corrected chi connectivity index (χ0v) is 14.2. The van der Waals surface area contributed by atoms with Crippen LogP contribution >= 0.6 is 0 Å². The van der Waals surface area contributed by atoms with Crippen molar-refractivity contribution in [2.45, 2.75) is 64.7 Å². The highest BCUT2D eigenvalue weighted by Gasteiger charge is 2.51. The predicted octanol–water partition coefficient (Wildman–Crippen LogP) is 5.80. The van der Waals surface area contributed by atoms with E-state index in [0.717, 1.165) is 30.1 Å². The summed E-state index contributed by atoms with van der Waals surface area (Å²) in [7, 11) is 0. The average molecular weight is 298 g/mol. The molecule has 0 aromatic heterocycles. The molecule has 120 valence electrons. The zero-order chi connectivity index (χ0) is 15.2. The molecule has 0 radical (unpaired) electrons. The van der Waals surface area contributed by atoms with Gasteiger partial charge >= 0.3 is 0 Å². The largest absolute Gasteiger partial charge is 0.493 e. The Morgan fingerprint density at radius 2 is 1.55 bits per heavy atom. The van der Waals surface area contributed by atoms with Crippen LogP contribution in [0.4, 0.5) is 0 Å². The molecule has 0 amide bonds. The van der Waals surface area contributed by atoms with E-state index < -0.39 is 0 Å². The van der Waals surface area contributed by atoms with E-state index in [0.29, 0.717) is 11.3 Å². The molecule has 4 aliphatic carbocycles. The van der Waals surface area contributed by atoms with E-state index in [1.54, 1.807) is 0 Å². The van der Waals surface area contributed by atoms with Crippen LogP contribution in [0.25, 0.3) is 0 Å². The zero-order valence-electron chi connectivity index (χ0n) is 14.2. The summed E-state index contributed by atoms with van der Waals surface area (Å²) in [6.07, 6.45) is 10.1. The Bertz CT molecular complexity index is 480. The second-order valence-corrected chi connectivity index (χ2v) is 8.58. The van der Waals surface area contributed by atoms with Crippen molar-refractivity contribution in [1.82, 2.24) is 0 Å². The van der Waals surface area contributed by atoms with Gasteiger partial charge < -0.3 is 4.74 Å². The lowest BCUT2D eigenvalue weighted by Crippen LogP contribution is -2.48. The molecule has 0 N–H and O–H groups in total. The van der Waals surface area contributed by atoms with Crippen molar-refractivity contribution in [3.05, 3.63) is 29.8 Å². The van der Waals surface area contributed by atoms with Crippen LogP contribution in [0.1, 0.15) is 70.3 Å².